The monoisotopic (exact) mass is 277 g/mol. The molecular formula is C14H19N3OS. The van der Waals surface area contributed by atoms with Crippen LogP contribution in [0.3, 0.4) is 0 Å². The molecule has 1 aromatic heterocycles. The van der Waals surface area contributed by atoms with Gasteiger partial charge in [-0.1, -0.05) is 6.92 Å². The Hall–Kier alpha value is -1.75. The molecule has 2 rings (SSSR count). The van der Waals surface area contributed by atoms with Crippen LogP contribution in [0, 0.1) is 0 Å². The van der Waals surface area contributed by atoms with E-state index in [-0.39, 0.29) is 0 Å². The van der Waals surface area contributed by atoms with Crippen molar-refractivity contribution in [1.82, 2.24) is 4.98 Å². The first-order valence-corrected chi connectivity index (χ1v) is 7.23. The first-order valence-electron chi connectivity index (χ1n) is 6.35. The van der Waals surface area contributed by atoms with Gasteiger partial charge in [-0.15, -0.1) is 11.3 Å². The van der Waals surface area contributed by atoms with Gasteiger partial charge >= 0.3 is 0 Å². The molecule has 0 bridgehead atoms. The number of rotatable bonds is 6. The Morgan fingerprint density at radius 3 is 2.95 bits per heavy atom. The fourth-order valence-corrected chi connectivity index (χ4v) is 2.51. The second-order valence-electron chi connectivity index (χ2n) is 4.38. The Morgan fingerprint density at radius 2 is 2.26 bits per heavy atom. The Bertz CT molecular complexity index is 513. The molecule has 0 spiro atoms. The molecule has 4 nitrogen and oxygen atoms in total. The molecule has 19 heavy (non-hydrogen) atoms. The van der Waals surface area contributed by atoms with E-state index in [0.29, 0.717) is 18.2 Å². The van der Waals surface area contributed by atoms with Crippen molar-refractivity contribution in [3.05, 3.63) is 34.8 Å². The maximum Gasteiger partial charge on any atom is 0.123 e. The Balaban J connectivity index is 1.99. The van der Waals surface area contributed by atoms with E-state index in [0.717, 1.165) is 23.0 Å². The molecule has 0 saturated carbocycles. The van der Waals surface area contributed by atoms with E-state index in [1.807, 2.05) is 36.7 Å². The summed E-state index contributed by atoms with van der Waals surface area (Å²) in [5.41, 5.74) is 7.54. The van der Waals surface area contributed by atoms with Gasteiger partial charge in [-0.2, -0.15) is 0 Å². The zero-order valence-corrected chi connectivity index (χ0v) is 12.0. The first kappa shape index (κ1) is 13.7. The smallest absolute Gasteiger partial charge is 0.123 e. The van der Waals surface area contributed by atoms with Crippen molar-refractivity contribution < 1.29 is 4.74 Å². The minimum atomic E-state index is 0.372. The lowest BCUT2D eigenvalue weighted by atomic mass is 10.2. The molecule has 1 atom stereocenters. The lowest BCUT2D eigenvalue weighted by molar-refractivity contribution is 0.340. The maximum atomic E-state index is 5.86. The summed E-state index contributed by atoms with van der Waals surface area (Å²) in [4.78, 5) is 4.32. The molecule has 102 valence electrons. The van der Waals surface area contributed by atoms with Gasteiger partial charge in [0.05, 0.1) is 11.6 Å². The summed E-state index contributed by atoms with van der Waals surface area (Å²) in [6, 6.07) is 5.71. The third kappa shape index (κ3) is 3.86. The molecule has 0 radical (unpaired) electrons. The van der Waals surface area contributed by atoms with E-state index in [4.69, 9.17) is 10.5 Å². The molecule has 0 fully saturated rings. The van der Waals surface area contributed by atoms with Crippen molar-refractivity contribution >= 4 is 22.7 Å². The average molecular weight is 277 g/mol. The molecular weight excluding hydrogens is 258 g/mol. The summed E-state index contributed by atoms with van der Waals surface area (Å²) < 4.78 is 5.48. The van der Waals surface area contributed by atoms with Crippen molar-refractivity contribution in [1.29, 1.82) is 0 Å². The summed E-state index contributed by atoms with van der Waals surface area (Å²) >= 11 is 1.68. The third-order valence-corrected chi connectivity index (χ3v) is 3.73. The van der Waals surface area contributed by atoms with Crippen molar-refractivity contribution in [2.24, 2.45) is 0 Å². The van der Waals surface area contributed by atoms with Crippen molar-refractivity contribution in [3.8, 4) is 5.75 Å². The van der Waals surface area contributed by atoms with Gasteiger partial charge in [0.2, 0.25) is 0 Å². The Labute approximate surface area is 117 Å². The van der Waals surface area contributed by atoms with E-state index >= 15 is 0 Å². The zero-order chi connectivity index (χ0) is 13.7. The van der Waals surface area contributed by atoms with Gasteiger partial charge in [0.1, 0.15) is 5.75 Å². The van der Waals surface area contributed by atoms with Gasteiger partial charge in [0, 0.05) is 47.5 Å². The lowest BCUT2D eigenvalue weighted by Crippen LogP contribution is -2.10. The van der Waals surface area contributed by atoms with E-state index < -0.39 is 0 Å². The Morgan fingerprint density at radius 1 is 1.42 bits per heavy atom. The van der Waals surface area contributed by atoms with Gasteiger partial charge in [0.25, 0.3) is 0 Å². The summed E-state index contributed by atoms with van der Waals surface area (Å²) in [7, 11) is 0. The predicted octanol–water partition coefficient (Wildman–Crippen LogP) is 3.34. The second-order valence-corrected chi connectivity index (χ2v) is 5.30. The molecule has 1 heterocycles. The fourth-order valence-electron chi connectivity index (χ4n) is 1.81. The number of anilines is 2. The number of ether oxygens (including phenoxy) is 1. The van der Waals surface area contributed by atoms with E-state index in [9.17, 15) is 0 Å². The summed E-state index contributed by atoms with van der Waals surface area (Å²) in [6.07, 6.45) is 1.84. The van der Waals surface area contributed by atoms with Crippen molar-refractivity contribution in [2.45, 2.75) is 19.8 Å². The number of nitrogens with zero attached hydrogens (tertiary/aromatic N) is 1. The number of thiazole rings is 1. The van der Waals surface area contributed by atoms with Gasteiger partial charge in [-0.3, -0.25) is 0 Å². The topological polar surface area (TPSA) is 60.2 Å². The molecule has 0 amide bonds. The van der Waals surface area contributed by atoms with Crippen LogP contribution in [0.4, 0.5) is 11.4 Å². The highest BCUT2D eigenvalue weighted by Gasteiger charge is 2.08. The standard InChI is InChI=1S/C14H19N3OS/c1-3-18-13-7-11(15)6-12(8-13)17-9-10(2)14-16-4-5-19-14/h4-8,10,17H,3,9,15H2,1-2H3. The largest absolute Gasteiger partial charge is 0.494 e. The number of hydrogen-bond acceptors (Lipinski definition) is 5. The van der Waals surface area contributed by atoms with Crippen LogP contribution >= 0.6 is 11.3 Å². The SMILES string of the molecule is CCOc1cc(N)cc(NCC(C)c2nccs2)c1. The highest BCUT2D eigenvalue weighted by molar-refractivity contribution is 7.09. The highest BCUT2D eigenvalue weighted by Crippen LogP contribution is 2.24. The van der Waals surface area contributed by atoms with E-state index in [2.05, 4.69) is 17.2 Å². The minimum absolute atomic E-state index is 0.372. The zero-order valence-electron chi connectivity index (χ0n) is 11.2. The number of nitrogen functional groups attached to an aromatic ring is 1. The van der Waals surface area contributed by atoms with Crippen LogP contribution in [0.25, 0.3) is 0 Å². The first-order chi connectivity index (χ1) is 9.19. The molecule has 1 aromatic carbocycles. The van der Waals surface area contributed by atoms with E-state index in [1.54, 1.807) is 11.3 Å². The summed E-state index contributed by atoms with van der Waals surface area (Å²) in [5, 5.41) is 6.52. The van der Waals surface area contributed by atoms with Gasteiger partial charge in [0.15, 0.2) is 0 Å². The summed E-state index contributed by atoms with van der Waals surface area (Å²) in [5.74, 6) is 1.17. The molecule has 0 aliphatic rings. The fraction of sp³-hybridized carbons (Fsp3) is 0.357. The second kappa shape index (κ2) is 6.43. The van der Waals surface area contributed by atoms with Gasteiger partial charge in [-0.25, -0.2) is 4.98 Å². The van der Waals surface area contributed by atoms with Crippen LogP contribution in [0.2, 0.25) is 0 Å². The average Bonchev–Trinajstić information content (AvgIpc) is 2.89. The molecule has 0 saturated heterocycles. The molecule has 2 aromatic rings. The molecule has 5 heteroatoms. The molecule has 0 aliphatic heterocycles. The van der Waals surface area contributed by atoms with Crippen LogP contribution in [0.5, 0.6) is 5.75 Å². The minimum Gasteiger partial charge on any atom is -0.494 e. The quantitative estimate of drug-likeness (QED) is 0.795. The number of hydrogen-bond donors (Lipinski definition) is 2. The molecule has 3 N–H and O–H groups in total. The number of nitrogens with one attached hydrogen (secondary N) is 1. The maximum absolute atomic E-state index is 5.86. The van der Waals surface area contributed by atoms with Gasteiger partial charge in [-0.05, 0) is 13.0 Å². The molecule has 1 unspecified atom stereocenters. The normalized spacial score (nSPS) is 12.1. The Kier molecular flexibility index (Phi) is 4.63. The molecule has 0 aliphatic carbocycles. The summed E-state index contributed by atoms with van der Waals surface area (Å²) in [6.45, 7) is 5.57. The number of aromatic nitrogens is 1. The lowest BCUT2D eigenvalue weighted by Gasteiger charge is -2.13. The van der Waals surface area contributed by atoms with E-state index in [1.165, 1.54) is 0 Å². The van der Waals surface area contributed by atoms with Crippen LogP contribution in [0.1, 0.15) is 24.8 Å². The third-order valence-electron chi connectivity index (χ3n) is 2.73. The predicted molar refractivity (Wildman–Crippen MR) is 81.0 cm³/mol. The highest BCUT2D eigenvalue weighted by atomic mass is 32.1. The van der Waals surface area contributed by atoms with Crippen LogP contribution in [0.15, 0.2) is 29.8 Å². The van der Waals surface area contributed by atoms with Crippen molar-refractivity contribution in [3.63, 3.8) is 0 Å². The van der Waals surface area contributed by atoms with Crippen molar-refractivity contribution in [2.75, 3.05) is 24.2 Å². The van der Waals surface area contributed by atoms with Crippen LogP contribution < -0.4 is 15.8 Å². The van der Waals surface area contributed by atoms with Gasteiger partial charge < -0.3 is 15.8 Å². The number of benzene rings is 1. The number of nitrogens with two attached hydrogens (primary N) is 1. The van der Waals surface area contributed by atoms with Crippen LogP contribution in [-0.2, 0) is 0 Å². The van der Waals surface area contributed by atoms with Crippen LogP contribution in [-0.4, -0.2) is 18.1 Å².